The number of para-hydroxylation sites is 1. The number of nitrogens with two attached hydrogens (primary N) is 1. The Hall–Kier alpha value is -7.33. The highest BCUT2D eigenvalue weighted by Crippen LogP contribution is 2.37. The number of nitrogens with one attached hydrogen (secondary N) is 1. The Balaban J connectivity index is 0.000000141. The molecule has 0 saturated heterocycles. The SMILES string of the molecule is COc1ccccc1.Nc1cnccn1.[C-]#[N+]c1ccc2c(c1)OCO2.c1ccc(-c2nc3cnccn3c2Nc2ccc3c(c2)OCO3)cc1. The van der Waals surface area contributed by atoms with Gasteiger partial charge in [0.2, 0.25) is 13.6 Å². The minimum Gasteiger partial charge on any atom is -0.497 e. The molecule has 2 aliphatic heterocycles. The summed E-state index contributed by atoms with van der Waals surface area (Å²) in [4.78, 5) is 19.6. The Bertz CT molecular complexity index is 2210. The molecule has 0 bridgehead atoms. The maximum atomic E-state index is 6.74. The fraction of sp³-hybridized carbons (Fsp3) is 0.0789. The lowest BCUT2D eigenvalue weighted by molar-refractivity contribution is 0.173. The number of methoxy groups -OCH3 is 1. The van der Waals surface area contributed by atoms with Crippen LogP contribution >= 0.6 is 0 Å². The number of hydrogen-bond donors (Lipinski definition) is 2. The Labute approximate surface area is 293 Å². The van der Waals surface area contributed by atoms with E-state index in [4.69, 9.17) is 41.0 Å². The average molecular weight is 681 g/mol. The molecule has 254 valence electrons. The van der Waals surface area contributed by atoms with Crippen molar-refractivity contribution in [3.63, 3.8) is 0 Å². The molecule has 4 aromatic carbocycles. The lowest BCUT2D eigenvalue weighted by atomic mass is 10.1. The topological polar surface area (TPSA) is 145 Å². The van der Waals surface area contributed by atoms with Crippen LogP contribution in [0.2, 0.25) is 0 Å². The van der Waals surface area contributed by atoms with Crippen molar-refractivity contribution in [3.8, 4) is 40.0 Å². The number of fused-ring (bicyclic) bond motifs is 3. The van der Waals surface area contributed by atoms with Crippen LogP contribution < -0.4 is 34.7 Å². The molecule has 7 aromatic rings. The molecule has 51 heavy (non-hydrogen) atoms. The Kier molecular flexibility index (Phi) is 11.0. The first-order chi connectivity index (χ1) is 25.1. The quantitative estimate of drug-likeness (QED) is 0.177. The number of nitrogens with zero attached hydrogens (tertiary/aromatic N) is 6. The van der Waals surface area contributed by atoms with Gasteiger partial charge in [-0.2, -0.15) is 0 Å². The van der Waals surface area contributed by atoms with Gasteiger partial charge in [0.25, 0.3) is 0 Å². The Morgan fingerprint density at radius 3 is 2.06 bits per heavy atom. The van der Waals surface area contributed by atoms with Crippen LogP contribution in [0.3, 0.4) is 0 Å². The molecule has 0 radical (unpaired) electrons. The molecule has 0 saturated carbocycles. The van der Waals surface area contributed by atoms with Gasteiger partial charge in [-0.15, -0.1) is 0 Å². The molecule has 2 aliphatic rings. The predicted octanol–water partition coefficient (Wildman–Crippen LogP) is 7.59. The molecule has 13 nitrogen and oxygen atoms in total. The van der Waals surface area contributed by atoms with Gasteiger partial charge in [-0.3, -0.25) is 14.4 Å². The van der Waals surface area contributed by atoms with Crippen molar-refractivity contribution in [1.82, 2.24) is 24.3 Å². The third kappa shape index (κ3) is 8.78. The smallest absolute Gasteiger partial charge is 0.231 e. The monoisotopic (exact) mass is 680 g/mol. The van der Waals surface area contributed by atoms with E-state index in [9.17, 15) is 0 Å². The van der Waals surface area contributed by atoms with E-state index in [1.165, 1.54) is 6.20 Å². The normalized spacial score (nSPS) is 11.4. The molecular weight excluding hydrogens is 648 g/mol. The summed E-state index contributed by atoms with van der Waals surface area (Å²) in [5.74, 6) is 5.13. The van der Waals surface area contributed by atoms with E-state index >= 15 is 0 Å². The lowest BCUT2D eigenvalue weighted by Gasteiger charge is -2.09. The number of rotatable bonds is 4. The number of benzene rings is 4. The first-order valence-corrected chi connectivity index (χ1v) is 15.5. The summed E-state index contributed by atoms with van der Waals surface area (Å²) in [5, 5.41) is 3.46. The molecule has 0 aliphatic carbocycles. The van der Waals surface area contributed by atoms with Crippen molar-refractivity contribution in [1.29, 1.82) is 0 Å². The highest BCUT2D eigenvalue weighted by molar-refractivity contribution is 5.80. The molecule has 3 N–H and O–H groups in total. The molecule has 3 aromatic heterocycles. The molecule has 0 fully saturated rings. The largest absolute Gasteiger partial charge is 0.497 e. The summed E-state index contributed by atoms with van der Waals surface area (Å²) < 4.78 is 27.9. The van der Waals surface area contributed by atoms with E-state index in [-0.39, 0.29) is 13.6 Å². The van der Waals surface area contributed by atoms with Crippen LogP contribution in [0.15, 0.2) is 134 Å². The highest BCUT2D eigenvalue weighted by atomic mass is 16.7. The summed E-state index contributed by atoms with van der Waals surface area (Å²) in [6.45, 7) is 7.25. The van der Waals surface area contributed by atoms with Crippen molar-refractivity contribution in [2.75, 3.05) is 31.7 Å². The summed E-state index contributed by atoms with van der Waals surface area (Å²) in [6, 6.07) is 30.7. The van der Waals surface area contributed by atoms with Crippen LogP contribution in [0.25, 0.3) is 21.7 Å². The van der Waals surface area contributed by atoms with Crippen molar-refractivity contribution >= 4 is 28.7 Å². The van der Waals surface area contributed by atoms with E-state index in [1.807, 2.05) is 89.5 Å². The first kappa shape index (κ1) is 33.6. The zero-order valence-corrected chi connectivity index (χ0v) is 27.4. The number of aromatic nitrogens is 5. The molecule has 9 rings (SSSR count). The van der Waals surface area contributed by atoms with Gasteiger partial charge in [0, 0.05) is 42.1 Å². The molecule has 0 unspecified atom stereocenters. The van der Waals surface area contributed by atoms with Gasteiger partial charge in [-0.1, -0.05) is 54.6 Å². The lowest BCUT2D eigenvalue weighted by Crippen LogP contribution is -1.97. The van der Waals surface area contributed by atoms with Crippen molar-refractivity contribution in [2.45, 2.75) is 0 Å². The van der Waals surface area contributed by atoms with Crippen LogP contribution in [0, 0.1) is 6.57 Å². The van der Waals surface area contributed by atoms with E-state index in [0.717, 1.165) is 51.4 Å². The van der Waals surface area contributed by atoms with Gasteiger partial charge in [0.05, 0.1) is 26.1 Å². The van der Waals surface area contributed by atoms with Crippen LogP contribution in [-0.4, -0.2) is 45.0 Å². The minimum absolute atomic E-state index is 0.259. The first-order valence-electron chi connectivity index (χ1n) is 15.5. The fourth-order valence-corrected chi connectivity index (χ4v) is 4.76. The van der Waals surface area contributed by atoms with E-state index in [0.29, 0.717) is 17.3 Å². The van der Waals surface area contributed by atoms with Gasteiger partial charge in [-0.25, -0.2) is 14.8 Å². The number of hydrogen-bond acceptors (Lipinski definition) is 11. The molecule has 0 atom stereocenters. The van der Waals surface area contributed by atoms with Crippen molar-refractivity contribution < 1.29 is 23.7 Å². The zero-order chi connectivity index (χ0) is 35.3. The van der Waals surface area contributed by atoms with E-state index < -0.39 is 0 Å². The molecule has 0 spiro atoms. The summed E-state index contributed by atoms with van der Waals surface area (Å²) in [5.41, 5.74) is 9.35. The maximum Gasteiger partial charge on any atom is 0.231 e. The van der Waals surface area contributed by atoms with Crippen LogP contribution in [0.5, 0.6) is 28.7 Å². The van der Waals surface area contributed by atoms with Gasteiger partial charge >= 0.3 is 0 Å². The van der Waals surface area contributed by atoms with Crippen molar-refractivity contribution in [3.05, 3.63) is 146 Å². The molecule has 13 heteroatoms. The number of nitrogen functional groups attached to an aromatic ring is 1. The van der Waals surface area contributed by atoms with Gasteiger partial charge < -0.3 is 34.7 Å². The summed E-state index contributed by atoms with van der Waals surface area (Å²) >= 11 is 0. The average Bonchev–Trinajstić information content (AvgIpc) is 3.95. The Morgan fingerprint density at radius 1 is 0.765 bits per heavy atom. The van der Waals surface area contributed by atoms with Crippen molar-refractivity contribution in [2.24, 2.45) is 0 Å². The van der Waals surface area contributed by atoms with Crippen LogP contribution in [-0.2, 0) is 0 Å². The van der Waals surface area contributed by atoms with Gasteiger partial charge in [0.1, 0.15) is 23.1 Å². The number of imidazole rings is 1. The second-order valence-electron chi connectivity index (χ2n) is 10.5. The number of ether oxygens (including phenoxy) is 5. The predicted molar refractivity (Wildman–Crippen MR) is 193 cm³/mol. The third-order valence-corrected chi connectivity index (χ3v) is 7.16. The fourth-order valence-electron chi connectivity index (χ4n) is 4.76. The zero-order valence-electron chi connectivity index (χ0n) is 27.4. The maximum absolute atomic E-state index is 6.74. The van der Waals surface area contributed by atoms with Crippen LogP contribution in [0.4, 0.5) is 23.0 Å². The molecule has 5 heterocycles. The Morgan fingerprint density at radius 2 is 1.43 bits per heavy atom. The highest BCUT2D eigenvalue weighted by Gasteiger charge is 2.17. The van der Waals surface area contributed by atoms with Gasteiger partial charge in [-0.05, 0) is 36.4 Å². The number of anilines is 3. The summed E-state index contributed by atoms with van der Waals surface area (Å²) in [7, 11) is 1.66. The molecule has 0 amide bonds. The summed E-state index contributed by atoms with van der Waals surface area (Å²) in [6.07, 6.45) is 10.0. The van der Waals surface area contributed by atoms with E-state index in [1.54, 1.807) is 50.1 Å². The third-order valence-electron chi connectivity index (χ3n) is 7.16. The van der Waals surface area contributed by atoms with Crippen LogP contribution in [0.1, 0.15) is 0 Å². The standard InChI is InChI=1S/C19H14N4O2.C8H5NO2.C7H8O.C4H5N3/c1-2-4-13(5-3-1)18-19(23-9-8-20-11-17(23)22-18)21-14-6-7-15-16(10-14)25-12-24-15;1-9-6-2-3-7-8(4-6)11-5-10-7;1-8-7-5-3-2-4-6-7;5-4-3-6-1-2-7-4/h1-11,21H,12H2;2-4H,5H2;2-6H,1H3;1-3H,(H2,5,7). The minimum atomic E-state index is 0.259. The molecular formula is C38H32N8O5. The second-order valence-corrected chi connectivity index (χ2v) is 10.5. The second kappa shape index (κ2) is 16.7. The van der Waals surface area contributed by atoms with E-state index in [2.05, 4.69) is 25.1 Å². The van der Waals surface area contributed by atoms with Gasteiger partial charge in [0.15, 0.2) is 34.3 Å².